The van der Waals surface area contributed by atoms with E-state index in [2.05, 4.69) is 4.98 Å². The zero-order valence-corrected chi connectivity index (χ0v) is 21.3. The molecular weight excluding hydrogens is 504 g/mol. The van der Waals surface area contributed by atoms with Crippen molar-refractivity contribution in [3.8, 4) is 0 Å². The van der Waals surface area contributed by atoms with Crippen LogP contribution in [0.4, 0.5) is 8.78 Å². The maximum absolute atomic E-state index is 14.2. The zero-order chi connectivity index (χ0) is 26.4. The molecule has 37 heavy (non-hydrogen) atoms. The number of hydrogen-bond donors (Lipinski definition) is 0. The molecule has 1 aliphatic rings. The molecule has 2 heterocycles. The number of methoxy groups -OCH3 is 1. The molecule has 4 rings (SSSR count). The molecule has 2 aromatic carbocycles. The van der Waals surface area contributed by atoms with Crippen molar-refractivity contribution < 1.29 is 31.5 Å². The number of aromatic nitrogens is 2. The van der Waals surface area contributed by atoms with Gasteiger partial charge in [-0.2, -0.15) is 0 Å². The average Bonchev–Trinajstić information content (AvgIpc) is 3.53. The summed E-state index contributed by atoms with van der Waals surface area (Å²) in [4.78, 5) is 18.9. The van der Waals surface area contributed by atoms with Crippen molar-refractivity contribution >= 4 is 15.7 Å². The van der Waals surface area contributed by atoms with Gasteiger partial charge in [0.05, 0.1) is 43.4 Å². The van der Waals surface area contributed by atoms with Gasteiger partial charge in [0.1, 0.15) is 11.6 Å². The molecule has 0 bridgehead atoms. The lowest BCUT2D eigenvalue weighted by Gasteiger charge is -2.24. The maximum Gasteiger partial charge on any atom is 0.254 e. The first kappa shape index (κ1) is 26.9. The van der Waals surface area contributed by atoms with E-state index in [-0.39, 0.29) is 48.6 Å². The van der Waals surface area contributed by atoms with Crippen LogP contribution in [-0.4, -0.2) is 61.7 Å². The Balaban J connectivity index is 1.68. The second kappa shape index (κ2) is 11.9. The minimum Gasteiger partial charge on any atom is -0.383 e. The van der Waals surface area contributed by atoms with Crippen LogP contribution in [0.15, 0.2) is 59.9 Å². The SMILES string of the molecule is COCCN(Cc1cnc(S(=O)(=O)Cc2ccccc2F)n1C[C@@H]1CCCO1)C(=O)c1cccc(F)c1. The van der Waals surface area contributed by atoms with Gasteiger partial charge in [0.15, 0.2) is 0 Å². The van der Waals surface area contributed by atoms with Crippen molar-refractivity contribution in [2.45, 2.75) is 42.9 Å². The Bertz CT molecular complexity index is 1340. The molecule has 8 nitrogen and oxygen atoms in total. The van der Waals surface area contributed by atoms with Crippen molar-refractivity contribution in [2.24, 2.45) is 0 Å². The van der Waals surface area contributed by atoms with Crippen LogP contribution >= 0.6 is 0 Å². The van der Waals surface area contributed by atoms with Gasteiger partial charge in [-0.15, -0.1) is 0 Å². The lowest BCUT2D eigenvalue weighted by atomic mass is 10.2. The predicted octanol–water partition coefficient (Wildman–Crippen LogP) is 3.60. The molecule has 0 aliphatic carbocycles. The fraction of sp³-hybridized carbons (Fsp3) is 0.385. The number of amides is 1. The van der Waals surface area contributed by atoms with Crippen LogP contribution in [0.5, 0.6) is 0 Å². The van der Waals surface area contributed by atoms with Gasteiger partial charge in [0.25, 0.3) is 5.91 Å². The van der Waals surface area contributed by atoms with E-state index in [1.807, 2.05) is 0 Å². The summed E-state index contributed by atoms with van der Waals surface area (Å²) in [6, 6.07) is 11.1. The van der Waals surface area contributed by atoms with Gasteiger partial charge in [0.2, 0.25) is 15.0 Å². The monoisotopic (exact) mass is 533 g/mol. The summed E-state index contributed by atoms with van der Waals surface area (Å²) < 4.78 is 67.2. The van der Waals surface area contributed by atoms with Crippen LogP contribution in [0, 0.1) is 11.6 Å². The smallest absolute Gasteiger partial charge is 0.254 e. The lowest BCUT2D eigenvalue weighted by Crippen LogP contribution is -2.35. The standard InChI is InChI=1S/C26H29F2N3O5S/c1-35-13-11-30(25(32)19-7-4-8-21(27)14-19)16-22-15-29-26(31(22)17-23-9-5-12-36-23)37(33,34)18-20-6-2-3-10-24(20)28/h2-4,6-8,10,14-15,23H,5,9,11-13,16-18H2,1H3/t23-/m0/s1. The van der Waals surface area contributed by atoms with Gasteiger partial charge < -0.3 is 18.9 Å². The predicted molar refractivity (Wildman–Crippen MR) is 132 cm³/mol. The highest BCUT2D eigenvalue weighted by Crippen LogP contribution is 2.24. The molecule has 0 unspecified atom stereocenters. The van der Waals surface area contributed by atoms with E-state index in [0.29, 0.717) is 12.3 Å². The fourth-order valence-corrected chi connectivity index (χ4v) is 5.81. The van der Waals surface area contributed by atoms with E-state index in [0.717, 1.165) is 18.9 Å². The molecule has 0 saturated carbocycles. The van der Waals surface area contributed by atoms with E-state index in [9.17, 15) is 22.0 Å². The number of carbonyl (C=O) groups is 1. The van der Waals surface area contributed by atoms with Crippen LogP contribution in [-0.2, 0) is 38.2 Å². The lowest BCUT2D eigenvalue weighted by molar-refractivity contribution is 0.0668. The van der Waals surface area contributed by atoms with Crippen molar-refractivity contribution in [3.63, 3.8) is 0 Å². The number of rotatable bonds is 11. The number of sulfone groups is 1. The first-order chi connectivity index (χ1) is 17.8. The Kier molecular flexibility index (Phi) is 8.67. The van der Waals surface area contributed by atoms with E-state index >= 15 is 0 Å². The number of ether oxygens (including phenoxy) is 2. The van der Waals surface area contributed by atoms with Crippen LogP contribution in [0.3, 0.4) is 0 Å². The molecule has 1 atom stereocenters. The Morgan fingerprint density at radius 2 is 2.03 bits per heavy atom. The van der Waals surface area contributed by atoms with Crippen LogP contribution in [0.1, 0.15) is 34.5 Å². The molecule has 11 heteroatoms. The molecule has 198 valence electrons. The average molecular weight is 534 g/mol. The summed E-state index contributed by atoms with van der Waals surface area (Å²) in [5.74, 6) is -2.15. The number of benzene rings is 2. The summed E-state index contributed by atoms with van der Waals surface area (Å²) in [5, 5.41) is -0.217. The molecule has 0 N–H and O–H groups in total. The van der Waals surface area contributed by atoms with E-state index in [1.165, 1.54) is 59.2 Å². The van der Waals surface area contributed by atoms with Crippen molar-refractivity contribution in [1.29, 1.82) is 0 Å². The second-order valence-corrected chi connectivity index (χ2v) is 10.7. The number of nitrogens with zero attached hydrogens (tertiary/aromatic N) is 3. The number of imidazole rings is 1. The quantitative estimate of drug-likeness (QED) is 0.374. The van der Waals surface area contributed by atoms with Gasteiger partial charge in [-0.1, -0.05) is 24.3 Å². The third-order valence-corrected chi connectivity index (χ3v) is 7.74. The molecule has 1 aromatic heterocycles. The van der Waals surface area contributed by atoms with Gasteiger partial charge in [-0.25, -0.2) is 22.2 Å². The minimum atomic E-state index is -4.04. The van der Waals surface area contributed by atoms with E-state index in [1.54, 1.807) is 6.07 Å². The van der Waals surface area contributed by atoms with Crippen LogP contribution in [0.25, 0.3) is 0 Å². The van der Waals surface area contributed by atoms with Crippen molar-refractivity contribution in [1.82, 2.24) is 14.5 Å². The summed E-state index contributed by atoms with van der Waals surface area (Å²) in [6.45, 7) is 1.21. The summed E-state index contributed by atoms with van der Waals surface area (Å²) >= 11 is 0. The summed E-state index contributed by atoms with van der Waals surface area (Å²) in [5.41, 5.74) is 0.663. The van der Waals surface area contributed by atoms with E-state index in [4.69, 9.17) is 9.47 Å². The molecule has 1 saturated heterocycles. The summed E-state index contributed by atoms with van der Waals surface area (Å²) in [6.07, 6.45) is 2.79. The molecule has 3 aromatic rings. The second-order valence-electron chi connectivity index (χ2n) is 8.86. The van der Waals surface area contributed by atoms with Gasteiger partial charge in [-0.3, -0.25) is 4.79 Å². The molecule has 1 fully saturated rings. The zero-order valence-electron chi connectivity index (χ0n) is 20.5. The highest BCUT2D eigenvalue weighted by atomic mass is 32.2. The largest absolute Gasteiger partial charge is 0.383 e. The highest BCUT2D eigenvalue weighted by molar-refractivity contribution is 7.90. The molecular formula is C26H29F2N3O5S. The van der Waals surface area contributed by atoms with Crippen LogP contribution in [0.2, 0.25) is 0 Å². The normalized spacial score (nSPS) is 15.7. The Morgan fingerprint density at radius 1 is 1.22 bits per heavy atom. The molecule has 1 amide bonds. The number of carbonyl (C=O) groups excluding carboxylic acids is 1. The maximum atomic E-state index is 14.2. The fourth-order valence-electron chi connectivity index (χ4n) is 4.29. The van der Waals surface area contributed by atoms with Gasteiger partial charge in [0, 0.05) is 31.4 Å². The first-order valence-corrected chi connectivity index (χ1v) is 13.6. The van der Waals surface area contributed by atoms with Gasteiger partial charge >= 0.3 is 0 Å². The highest BCUT2D eigenvalue weighted by Gasteiger charge is 2.29. The summed E-state index contributed by atoms with van der Waals surface area (Å²) in [7, 11) is -2.54. The third kappa shape index (κ3) is 6.60. The molecule has 0 radical (unpaired) electrons. The van der Waals surface area contributed by atoms with Crippen LogP contribution < -0.4 is 0 Å². The minimum absolute atomic E-state index is 0.00758. The third-order valence-electron chi connectivity index (χ3n) is 6.17. The Hall–Kier alpha value is -3.15. The van der Waals surface area contributed by atoms with Crippen molar-refractivity contribution in [3.05, 3.63) is 83.2 Å². The van der Waals surface area contributed by atoms with E-state index < -0.39 is 33.1 Å². The van der Waals surface area contributed by atoms with Crippen molar-refractivity contribution in [2.75, 3.05) is 26.9 Å². The first-order valence-electron chi connectivity index (χ1n) is 11.9. The molecule has 0 spiro atoms. The number of hydrogen-bond acceptors (Lipinski definition) is 6. The van der Waals surface area contributed by atoms with Gasteiger partial charge in [-0.05, 0) is 37.1 Å². The Morgan fingerprint density at radius 3 is 2.73 bits per heavy atom. The molecule has 1 aliphatic heterocycles. The Labute approximate surface area is 214 Å². The topological polar surface area (TPSA) is 90.7 Å². The number of halogens is 2.